The van der Waals surface area contributed by atoms with Crippen LogP contribution in [0.15, 0.2) is 24.3 Å². The molecule has 21 heavy (non-hydrogen) atoms. The van der Waals surface area contributed by atoms with Gasteiger partial charge in [-0.05, 0) is 37.1 Å². The van der Waals surface area contributed by atoms with E-state index in [2.05, 4.69) is 0 Å². The number of anilines is 1. The van der Waals surface area contributed by atoms with Crippen molar-refractivity contribution >= 4 is 36.0 Å². The molecule has 1 aliphatic rings. The summed E-state index contributed by atoms with van der Waals surface area (Å²) in [6, 6.07) is 4.05. The molecule has 0 aliphatic carbocycles. The zero-order chi connectivity index (χ0) is 14.7. The fraction of sp³-hybridized carbons (Fsp3) is 0.286. The number of halogens is 1. The maximum Gasteiger partial charge on any atom is 0.247 e. The highest BCUT2D eigenvalue weighted by Crippen LogP contribution is 2.22. The van der Waals surface area contributed by atoms with E-state index in [1.54, 1.807) is 12.1 Å². The average Bonchev–Trinajstić information content (AvgIpc) is 2.89. The second-order valence-corrected chi connectivity index (χ2v) is 4.74. The van der Waals surface area contributed by atoms with Crippen LogP contribution in [0.25, 0.3) is 6.08 Å². The van der Waals surface area contributed by atoms with Crippen LogP contribution in [0.2, 0.25) is 0 Å². The van der Waals surface area contributed by atoms with E-state index in [1.807, 2.05) is 0 Å². The number of amides is 2. The molecule has 0 aromatic heterocycles. The molecule has 0 saturated carbocycles. The van der Waals surface area contributed by atoms with Crippen molar-refractivity contribution in [1.82, 2.24) is 4.90 Å². The summed E-state index contributed by atoms with van der Waals surface area (Å²) in [5, 5.41) is 9.65. The molecule has 1 aromatic rings. The number of aromatic hydroxyl groups is 1. The van der Waals surface area contributed by atoms with Crippen LogP contribution in [0.3, 0.4) is 0 Å². The van der Waals surface area contributed by atoms with Gasteiger partial charge in [0.1, 0.15) is 11.8 Å². The smallest absolute Gasteiger partial charge is 0.247 e. The van der Waals surface area contributed by atoms with Crippen molar-refractivity contribution in [2.75, 3.05) is 12.3 Å². The molecule has 0 spiro atoms. The van der Waals surface area contributed by atoms with Gasteiger partial charge in [-0.1, -0.05) is 0 Å². The van der Waals surface area contributed by atoms with Crippen LogP contribution in [0, 0.1) is 0 Å². The molecule has 0 radical (unpaired) electrons. The van der Waals surface area contributed by atoms with E-state index in [9.17, 15) is 14.7 Å². The van der Waals surface area contributed by atoms with Crippen molar-refractivity contribution in [1.29, 1.82) is 0 Å². The van der Waals surface area contributed by atoms with Crippen LogP contribution in [0.4, 0.5) is 5.69 Å². The number of carbonyl (C=O) groups excluding carboxylic acids is 2. The normalized spacial score (nSPS) is 17.7. The molecule has 6 nitrogen and oxygen atoms in total. The van der Waals surface area contributed by atoms with Gasteiger partial charge in [0.25, 0.3) is 0 Å². The Morgan fingerprint density at radius 2 is 2.10 bits per heavy atom. The first-order chi connectivity index (χ1) is 9.49. The van der Waals surface area contributed by atoms with E-state index in [-0.39, 0.29) is 24.1 Å². The first-order valence-electron chi connectivity index (χ1n) is 6.35. The van der Waals surface area contributed by atoms with Crippen LogP contribution in [-0.4, -0.2) is 34.4 Å². The highest BCUT2D eigenvalue weighted by Gasteiger charge is 2.31. The minimum Gasteiger partial charge on any atom is -0.507 e. The van der Waals surface area contributed by atoms with Crippen LogP contribution in [-0.2, 0) is 9.59 Å². The van der Waals surface area contributed by atoms with Crippen molar-refractivity contribution in [2.45, 2.75) is 18.9 Å². The Kier molecular flexibility index (Phi) is 5.60. The van der Waals surface area contributed by atoms with Crippen LogP contribution in [0.5, 0.6) is 5.75 Å². The van der Waals surface area contributed by atoms with Crippen LogP contribution < -0.4 is 11.5 Å². The van der Waals surface area contributed by atoms with Gasteiger partial charge in [0.15, 0.2) is 0 Å². The van der Waals surface area contributed by atoms with Gasteiger partial charge in [-0.15, -0.1) is 12.4 Å². The Hall–Kier alpha value is -2.21. The fourth-order valence-corrected chi connectivity index (χ4v) is 2.29. The van der Waals surface area contributed by atoms with Gasteiger partial charge < -0.3 is 21.5 Å². The van der Waals surface area contributed by atoms with Crippen molar-refractivity contribution in [3.63, 3.8) is 0 Å². The zero-order valence-corrected chi connectivity index (χ0v) is 12.2. The van der Waals surface area contributed by atoms with E-state index in [4.69, 9.17) is 11.5 Å². The lowest BCUT2D eigenvalue weighted by Crippen LogP contribution is -2.43. The van der Waals surface area contributed by atoms with E-state index in [0.29, 0.717) is 24.2 Å². The Morgan fingerprint density at radius 1 is 1.38 bits per heavy atom. The number of rotatable bonds is 3. The van der Waals surface area contributed by atoms with Gasteiger partial charge in [0, 0.05) is 23.9 Å². The minimum atomic E-state index is -0.540. The van der Waals surface area contributed by atoms with E-state index in [1.165, 1.54) is 23.1 Å². The summed E-state index contributed by atoms with van der Waals surface area (Å²) in [5.41, 5.74) is 11.8. The van der Waals surface area contributed by atoms with Crippen molar-refractivity contribution in [2.24, 2.45) is 5.73 Å². The fourth-order valence-electron chi connectivity index (χ4n) is 2.29. The number of benzene rings is 1. The lowest BCUT2D eigenvalue weighted by Gasteiger charge is -2.20. The molecule has 7 heteroatoms. The number of carbonyl (C=O) groups is 2. The van der Waals surface area contributed by atoms with Gasteiger partial charge in [0.05, 0.1) is 0 Å². The Morgan fingerprint density at radius 3 is 2.76 bits per heavy atom. The van der Waals surface area contributed by atoms with Crippen molar-refractivity contribution in [3.8, 4) is 5.75 Å². The lowest BCUT2D eigenvalue weighted by molar-refractivity contribution is -0.133. The van der Waals surface area contributed by atoms with Gasteiger partial charge >= 0.3 is 0 Å². The Bertz CT molecular complexity index is 575. The van der Waals surface area contributed by atoms with Crippen LogP contribution >= 0.6 is 12.4 Å². The molecule has 1 saturated heterocycles. The SMILES string of the molecule is Cl.NC(=O)C1CCCN1C(=O)/C=C/c1cc(N)ccc1O. The molecule has 1 unspecified atom stereocenters. The zero-order valence-electron chi connectivity index (χ0n) is 11.4. The quantitative estimate of drug-likeness (QED) is 0.437. The Balaban J connectivity index is 0.00000220. The first kappa shape index (κ1) is 16.8. The van der Waals surface area contributed by atoms with Crippen molar-refractivity contribution in [3.05, 3.63) is 29.8 Å². The van der Waals surface area contributed by atoms with E-state index >= 15 is 0 Å². The number of hydrogen-bond donors (Lipinski definition) is 3. The van der Waals surface area contributed by atoms with E-state index in [0.717, 1.165) is 6.42 Å². The highest BCUT2D eigenvalue weighted by atomic mass is 35.5. The number of phenolic OH excluding ortho intramolecular Hbond substituents is 1. The summed E-state index contributed by atoms with van der Waals surface area (Å²) >= 11 is 0. The van der Waals surface area contributed by atoms with Gasteiger partial charge in [0.2, 0.25) is 11.8 Å². The molecular formula is C14H18ClN3O3. The third-order valence-corrected chi connectivity index (χ3v) is 3.32. The number of nitrogens with two attached hydrogens (primary N) is 2. The molecule has 2 amide bonds. The van der Waals surface area contributed by atoms with Gasteiger partial charge in [-0.2, -0.15) is 0 Å². The molecule has 1 fully saturated rings. The second-order valence-electron chi connectivity index (χ2n) is 4.74. The summed E-state index contributed by atoms with van der Waals surface area (Å²) in [6.07, 6.45) is 4.15. The highest BCUT2D eigenvalue weighted by molar-refractivity contribution is 5.96. The number of likely N-dealkylation sites (tertiary alicyclic amines) is 1. The number of phenols is 1. The summed E-state index contributed by atoms with van der Waals surface area (Å²) in [4.78, 5) is 24.7. The van der Waals surface area contributed by atoms with Crippen LogP contribution in [0.1, 0.15) is 18.4 Å². The molecule has 2 rings (SSSR count). The molecule has 5 N–H and O–H groups in total. The molecule has 0 bridgehead atoms. The minimum absolute atomic E-state index is 0. The van der Waals surface area contributed by atoms with Gasteiger partial charge in [-0.25, -0.2) is 0 Å². The third-order valence-electron chi connectivity index (χ3n) is 3.32. The summed E-state index contributed by atoms with van der Waals surface area (Å²) < 4.78 is 0. The topological polar surface area (TPSA) is 110 Å². The van der Waals surface area contributed by atoms with Crippen molar-refractivity contribution < 1.29 is 14.7 Å². The number of nitrogens with zero attached hydrogens (tertiary/aromatic N) is 1. The third kappa shape index (κ3) is 3.88. The molecule has 1 aliphatic heterocycles. The monoisotopic (exact) mass is 311 g/mol. The molecular weight excluding hydrogens is 294 g/mol. The summed E-state index contributed by atoms with van der Waals surface area (Å²) in [5.74, 6) is -0.750. The predicted octanol–water partition coefficient (Wildman–Crippen LogP) is 0.886. The second kappa shape index (κ2) is 6.99. The summed E-state index contributed by atoms with van der Waals surface area (Å²) in [6.45, 7) is 0.514. The Labute approximate surface area is 128 Å². The lowest BCUT2D eigenvalue weighted by atomic mass is 10.1. The average molecular weight is 312 g/mol. The molecule has 1 atom stereocenters. The largest absolute Gasteiger partial charge is 0.507 e. The first-order valence-corrected chi connectivity index (χ1v) is 6.35. The number of primary amides is 1. The summed E-state index contributed by atoms with van der Waals surface area (Å²) in [7, 11) is 0. The molecule has 114 valence electrons. The molecule has 1 heterocycles. The number of hydrogen-bond acceptors (Lipinski definition) is 4. The maximum atomic E-state index is 12.0. The van der Waals surface area contributed by atoms with E-state index < -0.39 is 11.9 Å². The maximum absolute atomic E-state index is 12.0. The number of nitrogen functional groups attached to an aromatic ring is 1. The predicted molar refractivity (Wildman–Crippen MR) is 82.7 cm³/mol. The van der Waals surface area contributed by atoms with Gasteiger partial charge in [-0.3, -0.25) is 9.59 Å². The standard InChI is InChI=1S/C14H17N3O3.ClH/c15-10-4-5-12(18)9(8-10)3-6-13(19)17-7-1-2-11(17)14(16)20;/h3-6,8,11,18H,1-2,7,15H2,(H2,16,20);1H/b6-3+;. The molecule has 1 aromatic carbocycles.